The lowest BCUT2D eigenvalue weighted by atomic mass is 10.1. The van der Waals surface area contributed by atoms with Crippen LogP contribution in [0.25, 0.3) is 0 Å². The van der Waals surface area contributed by atoms with Crippen LogP contribution in [0.3, 0.4) is 0 Å². The third kappa shape index (κ3) is 4.00. The van der Waals surface area contributed by atoms with Gasteiger partial charge in [0.15, 0.2) is 5.78 Å². The molecule has 0 radical (unpaired) electrons. The summed E-state index contributed by atoms with van der Waals surface area (Å²) >= 11 is 0. The molecule has 1 heterocycles. The van der Waals surface area contributed by atoms with Gasteiger partial charge in [-0.25, -0.2) is 18.4 Å². The van der Waals surface area contributed by atoms with Gasteiger partial charge in [0.25, 0.3) is 10.0 Å². The van der Waals surface area contributed by atoms with Gasteiger partial charge in [-0.3, -0.25) is 4.79 Å². The average molecular weight is 353 g/mol. The smallest absolute Gasteiger partial charge is 0.374 e. The van der Waals surface area contributed by atoms with E-state index < -0.39 is 21.1 Å². The minimum absolute atomic E-state index is 0.144. The second kappa shape index (κ2) is 6.85. The van der Waals surface area contributed by atoms with E-state index in [2.05, 4.69) is 0 Å². The number of benzene rings is 1. The number of esters is 1. The number of rotatable bonds is 6. The van der Waals surface area contributed by atoms with Crippen LogP contribution in [-0.4, -0.2) is 27.3 Å². The molecule has 0 saturated carbocycles. The number of hydrogen-bond acceptors (Lipinski definition) is 7. The maximum atomic E-state index is 11.9. The molecule has 0 bridgehead atoms. The molecule has 24 heavy (non-hydrogen) atoms. The Labute approximate surface area is 138 Å². The molecular formula is C15H15NO7S. The number of furan rings is 1. The fourth-order valence-electron chi connectivity index (χ4n) is 1.91. The van der Waals surface area contributed by atoms with Crippen molar-refractivity contribution in [3.05, 3.63) is 47.2 Å². The first-order valence-corrected chi connectivity index (χ1v) is 8.24. The largest absolute Gasteiger partial charge is 0.496 e. The summed E-state index contributed by atoms with van der Waals surface area (Å²) in [5.41, 5.74) is 0.924. The van der Waals surface area contributed by atoms with Crippen molar-refractivity contribution in [1.82, 2.24) is 0 Å². The van der Waals surface area contributed by atoms with Crippen LogP contribution in [0.1, 0.15) is 33.4 Å². The predicted molar refractivity (Wildman–Crippen MR) is 82.2 cm³/mol. The van der Waals surface area contributed by atoms with Crippen LogP contribution in [0, 0.1) is 0 Å². The Bertz CT molecular complexity index is 883. The summed E-state index contributed by atoms with van der Waals surface area (Å²) in [4.78, 5) is 23.3. The van der Waals surface area contributed by atoms with Crippen LogP contribution < -0.4 is 9.88 Å². The monoisotopic (exact) mass is 353 g/mol. The number of carbonyl (C=O) groups is 2. The number of ketones is 1. The number of ether oxygens (including phenoxy) is 2. The molecule has 128 valence electrons. The van der Waals surface area contributed by atoms with Gasteiger partial charge in [-0.1, -0.05) is 0 Å². The number of Topliss-reactive ketones (excluding diaryl/α,β-unsaturated/α-hetero) is 1. The summed E-state index contributed by atoms with van der Waals surface area (Å²) in [6, 6.07) is 6.93. The highest BCUT2D eigenvalue weighted by molar-refractivity contribution is 7.89. The van der Waals surface area contributed by atoms with Crippen LogP contribution in [0.4, 0.5) is 0 Å². The molecule has 0 unspecified atom stereocenters. The van der Waals surface area contributed by atoms with Crippen LogP contribution in [-0.2, 0) is 21.4 Å². The van der Waals surface area contributed by atoms with E-state index in [0.29, 0.717) is 16.9 Å². The van der Waals surface area contributed by atoms with Crippen molar-refractivity contribution < 1.29 is 31.9 Å². The van der Waals surface area contributed by atoms with Gasteiger partial charge in [-0.15, -0.1) is 0 Å². The van der Waals surface area contributed by atoms with Gasteiger partial charge in [0.05, 0.1) is 7.11 Å². The number of nitrogens with two attached hydrogens (primary N) is 1. The first kappa shape index (κ1) is 17.7. The van der Waals surface area contributed by atoms with Crippen LogP contribution in [0.2, 0.25) is 0 Å². The molecule has 2 aromatic rings. The molecule has 0 spiro atoms. The van der Waals surface area contributed by atoms with Gasteiger partial charge < -0.3 is 13.9 Å². The maximum Gasteiger partial charge on any atom is 0.374 e. The summed E-state index contributed by atoms with van der Waals surface area (Å²) in [6.07, 6.45) is 0. The molecule has 2 N–H and O–H groups in total. The molecule has 8 nitrogen and oxygen atoms in total. The first-order valence-electron chi connectivity index (χ1n) is 6.70. The molecule has 0 saturated heterocycles. The molecule has 2 rings (SSSR count). The van der Waals surface area contributed by atoms with Crippen LogP contribution in [0.15, 0.2) is 39.8 Å². The molecule has 0 aliphatic rings. The fraction of sp³-hybridized carbons (Fsp3) is 0.200. The number of sulfonamides is 1. The Balaban J connectivity index is 2.15. The Kier molecular flexibility index (Phi) is 5.05. The van der Waals surface area contributed by atoms with Gasteiger partial charge in [0, 0.05) is 11.1 Å². The van der Waals surface area contributed by atoms with Crippen molar-refractivity contribution in [3.63, 3.8) is 0 Å². The normalized spacial score (nSPS) is 11.1. The van der Waals surface area contributed by atoms with E-state index >= 15 is 0 Å². The molecular weight excluding hydrogens is 338 g/mol. The third-order valence-electron chi connectivity index (χ3n) is 3.11. The van der Waals surface area contributed by atoms with Gasteiger partial charge in [-0.05, 0) is 37.3 Å². The predicted octanol–water partition coefficient (Wildman–Crippen LogP) is 1.50. The van der Waals surface area contributed by atoms with Crippen LogP contribution >= 0.6 is 0 Å². The van der Waals surface area contributed by atoms with Crippen molar-refractivity contribution in [3.8, 4) is 5.75 Å². The van der Waals surface area contributed by atoms with Crippen molar-refractivity contribution in [2.75, 3.05) is 7.11 Å². The van der Waals surface area contributed by atoms with Crippen molar-refractivity contribution >= 4 is 21.8 Å². The molecule has 9 heteroatoms. The van der Waals surface area contributed by atoms with Crippen molar-refractivity contribution in [2.24, 2.45) is 5.14 Å². The number of carbonyl (C=O) groups excluding carboxylic acids is 2. The number of hydrogen-bond donors (Lipinski definition) is 1. The lowest BCUT2D eigenvalue weighted by Gasteiger charge is -2.10. The second-order valence-electron chi connectivity index (χ2n) is 4.82. The molecule has 0 aliphatic carbocycles. The molecule has 1 aromatic heterocycles. The van der Waals surface area contributed by atoms with Crippen molar-refractivity contribution in [2.45, 2.75) is 18.6 Å². The molecule has 0 atom stereocenters. The SMILES string of the molecule is COc1ccc(C(C)=O)cc1COC(=O)c1ccc(S(N)(=O)=O)o1. The lowest BCUT2D eigenvalue weighted by Crippen LogP contribution is -2.11. The van der Waals surface area contributed by atoms with Gasteiger partial charge in [0.2, 0.25) is 10.9 Å². The summed E-state index contributed by atoms with van der Waals surface area (Å²) in [6.45, 7) is 1.23. The zero-order valence-electron chi connectivity index (χ0n) is 12.9. The van der Waals surface area contributed by atoms with E-state index in [1.807, 2.05) is 0 Å². The second-order valence-corrected chi connectivity index (χ2v) is 6.32. The lowest BCUT2D eigenvalue weighted by molar-refractivity contribution is 0.0427. The van der Waals surface area contributed by atoms with Crippen molar-refractivity contribution in [1.29, 1.82) is 0 Å². The number of methoxy groups -OCH3 is 1. The van der Waals surface area contributed by atoms with Crippen LogP contribution in [0.5, 0.6) is 5.75 Å². The highest BCUT2D eigenvalue weighted by atomic mass is 32.2. The standard InChI is InChI=1S/C15H15NO7S/c1-9(17)10-3-4-12(21-2)11(7-10)8-22-15(18)13-5-6-14(23-13)24(16,19)20/h3-7H,8H2,1-2H3,(H2,16,19,20). The quantitative estimate of drug-likeness (QED) is 0.616. The summed E-state index contributed by atoms with van der Waals surface area (Å²) in [5.74, 6) is -0.882. The van der Waals surface area contributed by atoms with E-state index in [-0.39, 0.29) is 18.2 Å². The molecule has 0 amide bonds. The zero-order chi connectivity index (χ0) is 17.9. The summed E-state index contributed by atoms with van der Waals surface area (Å²) < 4.78 is 37.3. The average Bonchev–Trinajstić information content (AvgIpc) is 3.02. The maximum absolute atomic E-state index is 11.9. The molecule has 0 aliphatic heterocycles. The minimum atomic E-state index is -4.04. The topological polar surface area (TPSA) is 126 Å². The fourth-order valence-corrected chi connectivity index (χ4v) is 2.37. The zero-order valence-corrected chi connectivity index (χ0v) is 13.8. The van der Waals surface area contributed by atoms with E-state index in [4.69, 9.17) is 19.0 Å². The summed E-state index contributed by atoms with van der Waals surface area (Å²) in [5, 5.41) is 4.36. The Morgan fingerprint density at radius 3 is 2.46 bits per heavy atom. The minimum Gasteiger partial charge on any atom is -0.496 e. The molecule has 1 aromatic carbocycles. The third-order valence-corrected chi connectivity index (χ3v) is 3.89. The molecule has 0 fully saturated rings. The summed E-state index contributed by atoms with van der Waals surface area (Å²) in [7, 11) is -2.60. The highest BCUT2D eigenvalue weighted by Crippen LogP contribution is 2.22. The van der Waals surface area contributed by atoms with Gasteiger partial charge >= 0.3 is 5.97 Å². The Morgan fingerprint density at radius 2 is 1.92 bits per heavy atom. The van der Waals surface area contributed by atoms with E-state index in [0.717, 1.165) is 12.1 Å². The first-order chi connectivity index (χ1) is 11.2. The number of primary sulfonamides is 1. The van der Waals surface area contributed by atoms with Gasteiger partial charge in [0.1, 0.15) is 12.4 Å². The Morgan fingerprint density at radius 1 is 1.21 bits per heavy atom. The van der Waals surface area contributed by atoms with E-state index in [1.165, 1.54) is 14.0 Å². The highest BCUT2D eigenvalue weighted by Gasteiger charge is 2.19. The van der Waals surface area contributed by atoms with E-state index in [1.54, 1.807) is 18.2 Å². The Hall–Kier alpha value is -2.65. The van der Waals surface area contributed by atoms with E-state index in [9.17, 15) is 18.0 Å². The van der Waals surface area contributed by atoms with Gasteiger partial charge in [-0.2, -0.15) is 0 Å².